The topological polar surface area (TPSA) is 25.2 Å². The minimum Gasteiger partial charge on any atom is -0.466 e. The maximum absolute atomic E-state index is 5.63. The van der Waals surface area contributed by atoms with E-state index in [0.29, 0.717) is 5.54 Å². The Balaban J connectivity index is 2.08. The third-order valence-corrected chi connectivity index (χ3v) is 3.32. The molecule has 1 aliphatic rings. The molecule has 1 atom stereocenters. The Hall–Kier alpha value is -0.760. The van der Waals surface area contributed by atoms with Gasteiger partial charge in [-0.2, -0.15) is 0 Å². The lowest BCUT2D eigenvalue weighted by Gasteiger charge is -2.26. The minimum atomic E-state index is 0.310. The number of nitrogens with one attached hydrogen (secondary N) is 1. The van der Waals surface area contributed by atoms with Gasteiger partial charge in [-0.15, -0.1) is 0 Å². The monoisotopic (exact) mass is 193 g/mol. The molecule has 2 heteroatoms. The lowest BCUT2D eigenvalue weighted by Crippen LogP contribution is -2.41. The molecule has 0 amide bonds. The molecule has 1 aliphatic heterocycles. The summed E-state index contributed by atoms with van der Waals surface area (Å²) in [4.78, 5) is 0. The molecule has 14 heavy (non-hydrogen) atoms. The second-order valence-corrected chi connectivity index (χ2v) is 4.35. The molecule has 2 rings (SSSR count). The van der Waals surface area contributed by atoms with Crippen LogP contribution in [0.4, 0.5) is 0 Å². The van der Waals surface area contributed by atoms with Crippen molar-refractivity contribution in [2.75, 3.05) is 6.54 Å². The van der Waals surface area contributed by atoms with Crippen LogP contribution in [0.15, 0.2) is 16.5 Å². The first-order valence-corrected chi connectivity index (χ1v) is 5.54. The number of rotatable bonds is 3. The Labute approximate surface area is 85.7 Å². The van der Waals surface area contributed by atoms with Crippen LogP contribution < -0.4 is 5.32 Å². The van der Waals surface area contributed by atoms with Crippen molar-refractivity contribution >= 4 is 0 Å². The summed E-state index contributed by atoms with van der Waals surface area (Å²) in [7, 11) is 0. The highest BCUT2D eigenvalue weighted by Crippen LogP contribution is 2.27. The lowest BCUT2D eigenvalue weighted by molar-refractivity contribution is 0.327. The molecule has 0 bridgehead atoms. The fourth-order valence-corrected chi connectivity index (χ4v) is 2.36. The molecule has 1 aromatic rings. The Kier molecular flexibility index (Phi) is 2.64. The Morgan fingerprint density at radius 1 is 1.50 bits per heavy atom. The van der Waals surface area contributed by atoms with Crippen LogP contribution in [-0.2, 0) is 6.42 Å². The number of hydrogen-bond acceptors (Lipinski definition) is 2. The minimum absolute atomic E-state index is 0.310. The smallest absolute Gasteiger partial charge is 0.106 e. The fourth-order valence-electron chi connectivity index (χ4n) is 2.36. The highest BCUT2D eigenvalue weighted by Gasteiger charge is 2.32. The zero-order chi connectivity index (χ0) is 10.0. The zero-order valence-electron chi connectivity index (χ0n) is 9.10. The summed E-state index contributed by atoms with van der Waals surface area (Å²) in [5.41, 5.74) is 0.310. The maximum Gasteiger partial charge on any atom is 0.106 e. The van der Waals surface area contributed by atoms with Crippen molar-refractivity contribution in [2.45, 2.75) is 45.1 Å². The quantitative estimate of drug-likeness (QED) is 0.798. The van der Waals surface area contributed by atoms with Gasteiger partial charge in [-0.1, -0.05) is 6.92 Å². The van der Waals surface area contributed by atoms with Gasteiger partial charge < -0.3 is 9.73 Å². The normalized spacial score (nSPS) is 27.0. The average molecular weight is 193 g/mol. The van der Waals surface area contributed by atoms with Gasteiger partial charge in [0.25, 0.3) is 0 Å². The van der Waals surface area contributed by atoms with Gasteiger partial charge >= 0.3 is 0 Å². The molecule has 0 saturated carbocycles. The molecule has 1 fully saturated rings. The average Bonchev–Trinajstić information content (AvgIpc) is 2.77. The predicted molar refractivity (Wildman–Crippen MR) is 57.4 cm³/mol. The highest BCUT2D eigenvalue weighted by molar-refractivity contribution is 5.10. The summed E-state index contributed by atoms with van der Waals surface area (Å²) >= 11 is 0. The molecule has 1 unspecified atom stereocenters. The van der Waals surface area contributed by atoms with Gasteiger partial charge in [0.15, 0.2) is 0 Å². The summed E-state index contributed by atoms with van der Waals surface area (Å²) in [5, 5.41) is 3.62. The lowest BCUT2D eigenvalue weighted by atomic mass is 9.89. The van der Waals surface area contributed by atoms with Gasteiger partial charge in [-0.25, -0.2) is 0 Å². The molecule has 0 radical (unpaired) electrons. The van der Waals surface area contributed by atoms with E-state index in [1.807, 2.05) is 13.0 Å². The SMILES string of the molecule is CCC1(Cc2ccc(C)o2)CCCN1. The second-order valence-electron chi connectivity index (χ2n) is 4.35. The van der Waals surface area contributed by atoms with E-state index in [9.17, 15) is 0 Å². The number of aryl methyl sites for hydroxylation is 1. The first kappa shape index (κ1) is 9.78. The Morgan fingerprint density at radius 2 is 2.36 bits per heavy atom. The van der Waals surface area contributed by atoms with Crippen LogP contribution in [0.1, 0.15) is 37.7 Å². The van der Waals surface area contributed by atoms with Gasteiger partial charge in [-0.05, 0) is 44.9 Å². The summed E-state index contributed by atoms with van der Waals surface area (Å²) in [5.74, 6) is 2.14. The van der Waals surface area contributed by atoms with Gasteiger partial charge in [0.05, 0.1) is 0 Å². The van der Waals surface area contributed by atoms with E-state index in [1.54, 1.807) is 0 Å². The Morgan fingerprint density at radius 3 is 2.86 bits per heavy atom. The molecular formula is C12H19NO. The predicted octanol–water partition coefficient (Wildman–Crippen LogP) is 2.66. The largest absolute Gasteiger partial charge is 0.466 e. The Bertz CT molecular complexity index is 297. The molecule has 1 saturated heterocycles. The van der Waals surface area contributed by atoms with Gasteiger partial charge in [0.1, 0.15) is 11.5 Å². The summed E-state index contributed by atoms with van der Waals surface area (Å²) in [6.45, 7) is 5.42. The summed E-state index contributed by atoms with van der Waals surface area (Å²) in [6, 6.07) is 4.15. The fraction of sp³-hybridized carbons (Fsp3) is 0.667. The molecule has 78 valence electrons. The summed E-state index contributed by atoms with van der Waals surface area (Å²) in [6.07, 6.45) is 4.81. The molecule has 0 aromatic carbocycles. The van der Waals surface area contributed by atoms with Crippen LogP contribution in [0.2, 0.25) is 0 Å². The van der Waals surface area contributed by atoms with Crippen molar-refractivity contribution in [1.29, 1.82) is 0 Å². The van der Waals surface area contributed by atoms with Crippen LogP contribution in [0.5, 0.6) is 0 Å². The zero-order valence-corrected chi connectivity index (χ0v) is 9.10. The van der Waals surface area contributed by atoms with E-state index in [-0.39, 0.29) is 0 Å². The van der Waals surface area contributed by atoms with E-state index >= 15 is 0 Å². The third kappa shape index (κ3) is 1.85. The molecule has 1 aromatic heterocycles. The van der Waals surface area contributed by atoms with Crippen LogP contribution >= 0.6 is 0 Å². The van der Waals surface area contributed by atoms with E-state index in [1.165, 1.54) is 19.3 Å². The van der Waals surface area contributed by atoms with E-state index in [2.05, 4.69) is 18.3 Å². The standard InChI is InChI=1S/C12H19NO/c1-3-12(7-4-8-13-12)9-11-6-5-10(2)14-11/h5-6,13H,3-4,7-9H2,1-2H3. The van der Waals surface area contributed by atoms with Crippen LogP contribution in [0, 0.1) is 6.92 Å². The van der Waals surface area contributed by atoms with Crippen LogP contribution in [0.25, 0.3) is 0 Å². The van der Waals surface area contributed by atoms with E-state index in [4.69, 9.17) is 4.42 Å². The molecule has 2 heterocycles. The van der Waals surface area contributed by atoms with E-state index < -0.39 is 0 Å². The van der Waals surface area contributed by atoms with Crippen LogP contribution in [0.3, 0.4) is 0 Å². The second kappa shape index (κ2) is 3.77. The van der Waals surface area contributed by atoms with Gasteiger partial charge in [0, 0.05) is 12.0 Å². The van der Waals surface area contributed by atoms with Crippen molar-refractivity contribution in [3.05, 3.63) is 23.7 Å². The van der Waals surface area contributed by atoms with Gasteiger partial charge in [-0.3, -0.25) is 0 Å². The molecule has 2 nitrogen and oxygen atoms in total. The number of hydrogen-bond donors (Lipinski definition) is 1. The van der Waals surface area contributed by atoms with Crippen molar-refractivity contribution in [1.82, 2.24) is 5.32 Å². The number of furan rings is 1. The molecule has 0 spiro atoms. The van der Waals surface area contributed by atoms with Crippen molar-refractivity contribution in [3.8, 4) is 0 Å². The first-order valence-electron chi connectivity index (χ1n) is 5.54. The van der Waals surface area contributed by atoms with Crippen molar-refractivity contribution < 1.29 is 4.42 Å². The summed E-state index contributed by atoms with van der Waals surface area (Å²) < 4.78 is 5.63. The molecular weight excluding hydrogens is 174 g/mol. The van der Waals surface area contributed by atoms with Gasteiger partial charge in [0.2, 0.25) is 0 Å². The highest BCUT2D eigenvalue weighted by atomic mass is 16.3. The first-order chi connectivity index (χ1) is 6.74. The van der Waals surface area contributed by atoms with Crippen LogP contribution in [-0.4, -0.2) is 12.1 Å². The maximum atomic E-state index is 5.63. The molecule has 1 N–H and O–H groups in total. The van der Waals surface area contributed by atoms with E-state index in [0.717, 1.165) is 24.5 Å². The van der Waals surface area contributed by atoms with Crippen molar-refractivity contribution in [2.24, 2.45) is 0 Å². The third-order valence-electron chi connectivity index (χ3n) is 3.32. The van der Waals surface area contributed by atoms with Crippen molar-refractivity contribution in [3.63, 3.8) is 0 Å². The molecule has 0 aliphatic carbocycles.